The lowest BCUT2D eigenvalue weighted by Crippen LogP contribution is -2.06. The fraction of sp³-hybridized carbons (Fsp3) is 0.333. The van der Waals surface area contributed by atoms with E-state index in [9.17, 15) is 4.79 Å². The van der Waals surface area contributed by atoms with Crippen molar-refractivity contribution in [1.82, 2.24) is 4.98 Å². The van der Waals surface area contributed by atoms with Crippen molar-refractivity contribution in [3.05, 3.63) is 29.5 Å². The van der Waals surface area contributed by atoms with Crippen LogP contribution in [0.2, 0.25) is 0 Å². The SMILES string of the molecule is CCCCOC(=O)c1csc(-c2ccco2)n1. The molecular weight excluding hydrogens is 238 g/mol. The van der Waals surface area contributed by atoms with Crippen LogP contribution in [0.3, 0.4) is 0 Å². The molecular formula is C12H13NO3S. The molecule has 0 saturated heterocycles. The van der Waals surface area contributed by atoms with E-state index in [1.165, 1.54) is 11.3 Å². The quantitative estimate of drug-likeness (QED) is 0.604. The normalized spacial score (nSPS) is 10.4. The van der Waals surface area contributed by atoms with Crippen LogP contribution in [0, 0.1) is 0 Å². The zero-order valence-electron chi connectivity index (χ0n) is 9.51. The second kappa shape index (κ2) is 5.63. The summed E-state index contributed by atoms with van der Waals surface area (Å²) in [5.41, 5.74) is 0.345. The van der Waals surface area contributed by atoms with Crippen molar-refractivity contribution < 1.29 is 13.9 Å². The number of ether oxygens (including phenoxy) is 1. The molecule has 17 heavy (non-hydrogen) atoms. The zero-order chi connectivity index (χ0) is 12.1. The average Bonchev–Trinajstić information content (AvgIpc) is 3.00. The summed E-state index contributed by atoms with van der Waals surface area (Å²) in [5, 5.41) is 2.38. The monoisotopic (exact) mass is 251 g/mol. The van der Waals surface area contributed by atoms with Gasteiger partial charge in [-0.2, -0.15) is 0 Å². The first kappa shape index (κ1) is 11.9. The Morgan fingerprint density at radius 3 is 3.18 bits per heavy atom. The van der Waals surface area contributed by atoms with Crippen LogP contribution in [-0.2, 0) is 4.74 Å². The Labute approximate surface area is 103 Å². The first-order chi connectivity index (χ1) is 8.31. The molecule has 0 aliphatic heterocycles. The molecule has 0 bridgehead atoms. The maximum Gasteiger partial charge on any atom is 0.357 e. The van der Waals surface area contributed by atoms with Gasteiger partial charge in [0, 0.05) is 5.38 Å². The second-order valence-electron chi connectivity index (χ2n) is 3.50. The predicted octanol–water partition coefficient (Wildman–Crippen LogP) is 3.36. The van der Waals surface area contributed by atoms with Gasteiger partial charge in [0.05, 0.1) is 12.9 Å². The Morgan fingerprint density at radius 2 is 2.47 bits per heavy atom. The molecule has 0 aliphatic rings. The van der Waals surface area contributed by atoms with Crippen LogP contribution >= 0.6 is 11.3 Å². The van der Waals surface area contributed by atoms with Crippen molar-refractivity contribution in [1.29, 1.82) is 0 Å². The second-order valence-corrected chi connectivity index (χ2v) is 4.36. The number of carbonyl (C=O) groups excluding carboxylic acids is 1. The van der Waals surface area contributed by atoms with E-state index in [1.807, 2.05) is 13.0 Å². The highest BCUT2D eigenvalue weighted by Gasteiger charge is 2.13. The average molecular weight is 251 g/mol. The van der Waals surface area contributed by atoms with Gasteiger partial charge in [-0.05, 0) is 18.6 Å². The van der Waals surface area contributed by atoms with Crippen LogP contribution in [0.4, 0.5) is 0 Å². The molecule has 90 valence electrons. The van der Waals surface area contributed by atoms with Crippen LogP contribution in [0.5, 0.6) is 0 Å². The maximum atomic E-state index is 11.6. The highest BCUT2D eigenvalue weighted by Crippen LogP contribution is 2.24. The van der Waals surface area contributed by atoms with Crippen LogP contribution in [0.1, 0.15) is 30.3 Å². The van der Waals surface area contributed by atoms with Crippen molar-refractivity contribution in [2.24, 2.45) is 0 Å². The Kier molecular flexibility index (Phi) is 3.93. The summed E-state index contributed by atoms with van der Waals surface area (Å²) in [4.78, 5) is 15.8. The molecule has 2 heterocycles. The summed E-state index contributed by atoms with van der Waals surface area (Å²) >= 11 is 1.37. The first-order valence-corrected chi connectivity index (χ1v) is 6.35. The van der Waals surface area contributed by atoms with Crippen molar-refractivity contribution in [2.75, 3.05) is 6.61 Å². The molecule has 5 heteroatoms. The van der Waals surface area contributed by atoms with Gasteiger partial charge in [0.1, 0.15) is 0 Å². The summed E-state index contributed by atoms with van der Waals surface area (Å²) in [6.07, 6.45) is 3.46. The minimum absolute atomic E-state index is 0.345. The Balaban J connectivity index is 2.01. The van der Waals surface area contributed by atoms with E-state index >= 15 is 0 Å². The lowest BCUT2D eigenvalue weighted by atomic mass is 10.4. The van der Waals surface area contributed by atoms with Crippen LogP contribution in [-0.4, -0.2) is 17.6 Å². The highest BCUT2D eigenvalue weighted by atomic mass is 32.1. The first-order valence-electron chi connectivity index (χ1n) is 5.47. The predicted molar refractivity (Wildman–Crippen MR) is 65.0 cm³/mol. The van der Waals surface area contributed by atoms with Gasteiger partial charge >= 0.3 is 5.97 Å². The lowest BCUT2D eigenvalue weighted by molar-refractivity contribution is 0.0494. The van der Waals surface area contributed by atoms with Gasteiger partial charge in [0.25, 0.3) is 0 Å². The third-order valence-electron chi connectivity index (χ3n) is 2.18. The molecule has 0 aliphatic carbocycles. The molecule has 2 aromatic rings. The maximum absolute atomic E-state index is 11.6. The highest BCUT2D eigenvalue weighted by molar-refractivity contribution is 7.13. The van der Waals surface area contributed by atoms with E-state index in [-0.39, 0.29) is 5.97 Å². The number of furan rings is 1. The third kappa shape index (κ3) is 2.94. The standard InChI is InChI=1S/C12H13NO3S/c1-2-3-6-16-12(14)9-8-17-11(13-9)10-5-4-7-15-10/h4-5,7-8H,2-3,6H2,1H3. The molecule has 2 rings (SSSR count). The number of hydrogen-bond donors (Lipinski definition) is 0. The van der Waals surface area contributed by atoms with Gasteiger partial charge in [0.15, 0.2) is 16.5 Å². The zero-order valence-corrected chi connectivity index (χ0v) is 10.3. The molecule has 0 aromatic carbocycles. The molecule has 0 saturated carbocycles. The van der Waals surface area contributed by atoms with E-state index in [4.69, 9.17) is 9.15 Å². The van der Waals surface area contributed by atoms with Crippen LogP contribution < -0.4 is 0 Å². The molecule has 0 radical (unpaired) electrons. The molecule has 2 aromatic heterocycles. The Hall–Kier alpha value is -1.62. The van der Waals surface area contributed by atoms with Crippen molar-refractivity contribution in [3.8, 4) is 10.8 Å². The molecule has 0 spiro atoms. The minimum atomic E-state index is -0.368. The summed E-state index contributed by atoms with van der Waals surface area (Å²) in [6, 6.07) is 3.60. The van der Waals surface area contributed by atoms with Gasteiger partial charge in [-0.3, -0.25) is 0 Å². The molecule has 0 unspecified atom stereocenters. The summed E-state index contributed by atoms with van der Waals surface area (Å²) in [5.74, 6) is 0.301. The van der Waals surface area contributed by atoms with E-state index in [0.29, 0.717) is 23.1 Å². The van der Waals surface area contributed by atoms with Gasteiger partial charge in [0.2, 0.25) is 0 Å². The molecule has 0 atom stereocenters. The van der Waals surface area contributed by atoms with Gasteiger partial charge in [-0.25, -0.2) is 9.78 Å². The van der Waals surface area contributed by atoms with Gasteiger partial charge in [-0.1, -0.05) is 13.3 Å². The number of carbonyl (C=O) groups is 1. The summed E-state index contributed by atoms with van der Waals surface area (Å²) in [6.45, 7) is 2.49. The van der Waals surface area contributed by atoms with E-state index in [1.54, 1.807) is 17.7 Å². The number of thiazole rings is 1. The molecule has 0 N–H and O–H groups in total. The fourth-order valence-electron chi connectivity index (χ4n) is 1.26. The number of esters is 1. The van der Waals surface area contributed by atoms with Crippen LogP contribution in [0.25, 0.3) is 10.8 Å². The van der Waals surface area contributed by atoms with Crippen molar-refractivity contribution >= 4 is 17.3 Å². The van der Waals surface area contributed by atoms with Gasteiger partial charge < -0.3 is 9.15 Å². The van der Waals surface area contributed by atoms with E-state index in [2.05, 4.69) is 4.98 Å². The number of rotatable bonds is 5. The lowest BCUT2D eigenvalue weighted by Gasteiger charge is -2.00. The molecule has 0 fully saturated rings. The number of aromatic nitrogens is 1. The van der Waals surface area contributed by atoms with Crippen molar-refractivity contribution in [2.45, 2.75) is 19.8 Å². The van der Waals surface area contributed by atoms with E-state index < -0.39 is 0 Å². The van der Waals surface area contributed by atoms with Crippen molar-refractivity contribution in [3.63, 3.8) is 0 Å². The smallest absolute Gasteiger partial charge is 0.357 e. The third-order valence-corrected chi connectivity index (χ3v) is 3.03. The summed E-state index contributed by atoms with van der Waals surface area (Å²) < 4.78 is 10.3. The number of unbranched alkanes of at least 4 members (excludes halogenated alkanes) is 1. The Morgan fingerprint density at radius 1 is 1.59 bits per heavy atom. The molecule has 0 amide bonds. The van der Waals surface area contributed by atoms with E-state index in [0.717, 1.165) is 12.8 Å². The largest absolute Gasteiger partial charge is 0.462 e. The molecule has 4 nitrogen and oxygen atoms in total. The minimum Gasteiger partial charge on any atom is -0.462 e. The summed E-state index contributed by atoms with van der Waals surface area (Å²) in [7, 11) is 0. The van der Waals surface area contributed by atoms with Gasteiger partial charge in [-0.15, -0.1) is 11.3 Å². The topological polar surface area (TPSA) is 52.3 Å². The number of nitrogens with zero attached hydrogens (tertiary/aromatic N) is 1. The fourth-order valence-corrected chi connectivity index (χ4v) is 2.02. The van der Waals surface area contributed by atoms with Crippen LogP contribution in [0.15, 0.2) is 28.2 Å². The number of hydrogen-bond acceptors (Lipinski definition) is 5. The Bertz CT molecular complexity index is 476.